The second-order valence-corrected chi connectivity index (χ2v) is 8.98. The highest BCUT2D eigenvalue weighted by molar-refractivity contribution is 5.82. The lowest BCUT2D eigenvalue weighted by Crippen LogP contribution is -2.23. The summed E-state index contributed by atoms with van der Waals surface area (Å²) in [6, 6.07) is 15.8. The van der Waals surface area contributed by atoms with E-state index in [1.54, 1.807) is 12.4 Å². The number of pyridine rings is 2. The molecule has 4 rings (SSSR count). The molecule has 1 aliphatic rings. The van der Waals surface area contributed by atoms with Crippen molar-refractivity contribution in [3.8, 4) is 11.1 Å². The summed E-state index contributed by atoms with van der Waals surface area (Å²) in [6.45, 7) is 6.55. The van der Waals surface area contributed by atoms with Crippen LogP contribution in [0.5, 0.6) is 0 Å². The monoisotopic (exact) mass is 413 g/mol. The predicted octanol–water partition coefficient (Wildman–Crippen LogP) is 4.44. The van der Waals surface area contributed by atoms with Crippen LogP contribution in [0.2, 0.25) is 0 Å². The van der Waals surface area contributed by atoms with Gasteiger partial charge in [0.25, 0.3) is 5.56 Å². The highest BCUT2D eigenvalue weighted by Crippen LogP contribution is 2.28. The lowest BCUT2D eigenvalue weighted by Gasteiger charge is -2.20. The summed E-state index contributed by atoms with van der Waals surface area (Å²) in [4.78, 5) is 31.7. The third-order valence-corrected chi connectivity index (χ3v) is 5.63. The van der Waals surface area contributed by atoms with E-state index in [4.69, 9.17) is 0 Å². The lowest BCUT2D eigenvalue weighted by atomic mass is 9.86. The first-order chi connectivity index (χ1) is 14.8. The van der Waals surface area contributed by atoms with E-state index in [-0.39, 0.29) is 22.9 Å². The van der Waals surface area contributed by atoms with Gasteiger partial charge >= 0.3 is 0 Å². The van der Waals surface area contributed by atoms with Gasteiger partial charge in [-0.25, -0.2) is 0 Å². The Balaban J connectivity index is 1.76. The van der Waals surface area contributed by atoms with Crippen molar-refractivity contribution in [1.82, 2.24) is 15.3 Å². The second-order valence-electron chi connectivity index (χ2n) is 8.98. The van der Waals surface area contributed by atoms with Crippen molar-refractivity contribution in [2.24, 2.45) is 0 Å². The molecule has 158 valence electrons. The molecule has 1 amide bonds. The maximum Gasteiger partial charge on any atom is 0.256 e. The fourth-order valence-corrected chi connectivity index (χ4v) is 3.84. The number of aromatic amines is 1. The van der Waals surface area contributed by atoms with Crippen LogP contribution in [0.15, 0.2) is 71.8 Å². The fourth-order valence-electron chi connectivity index (χ4n) is 3.84. The molecule has 0 saturated carbocycles. The van der Waals surface area contributed by atoms with Crippen molar-refractivity contribution in [1.29, 1.82) is 0 Å². The number of hydrogen-bond donors (Lipinski definition) is 2. The summed E-state index contributed by atoms with van der Waals surface area (Å²) in [5.41, 5.74) is 5.11. The molecule has 1 saturated heterocycles. The summed E-state index contributed by atoms with van der Waals surface area (Å²) in [6.07, 6.45) is 6.69. The van der Waals surface area contributed by atoms with Gasteiger partial charge in [0.1, 0.15) is 0 Å². The Morgan fingerprint density at radius 1 is 1.06 bits per heavy atom. The van der Waals surface area contributed by atoms with Crippen LogP contribution >= 0.6 is 0 Å². The number of rotatable bonds is 4. The second kappa shape index (κ2) is 8.34. The zero-order valence-electron chi connectivity index (χ0n) is 18.1. The number of H-pyrrole nitrogens is 1. The zero-order valence-corrected chi connectivity index (χ0v) is 18.1. The first-order valence-electron chi connectivity index (χ1n) is 10.6. The Labute approximate surface area is 182 Å². The number of carbonyl (C=O) groups excluding carboxylic acids is 1. The minimum Gasteiger partial charge on any atom is -0.350 e. The predicted molar refractivity (Wildman–Crippen MR) is 124 cm³/mol. The third kappa shape index (κ3) is 4.66. The van der Waals surface area contributed by atoms with Gasteiger partial charge in [0.2, 0.25) is 5.91 Å². The van der Waals surface area contributed by atoms with Crippen LogP contribution in [0.4, 0.5) is 0 Å². The largest absolute Gasteiger partial charge is 0.350 e. The number of carbonyl (C=O) groups is 1. The van der Waals surface area contributed by atoms with Crippen molar-refractivity contribution >= 4 is 11.5 Å². The standard InChI is InChI=1S/C26H27N3O2/c1-26(2,3)19-8-6-17(7-9-19)22(15-20-10-13-24(30)28-20)23-12-11-21(25(31)29-23)18-5-4-14-27-16-18/h4-9,11-12,14-16,20H,10,13H2,1-3H3,(H,28,30)(H,29,31)/t20-/m1/s1. The minimum atomic E-state index is -0.168. The van der Waals surface area contributed by atoms with Crippen molar-refractivity contribution in [2.75, 3.05) is 0 Å². The van der Waals surface area contributed by atoms with Gasteiger partial charge in [-0.1, -0.05) is 57.2 Å². The number of benzene rings is 1. The molecule has 5 nitrogen and oxygen atoms in total. The van der Waals surface area contributed by atoms with Crippen LogP contribution in [0.25, 0.3) is 16.7 Å². The summed E-state index contributed by atoms with van der Waals surface area (Å²) in [5, 5.41) is 3.00. The van der Waals surface area contributed by atoms with Crippen molar-refractivity contribution in [3.63, 3.8) is 0 Å². The molecular weight excluding hydrogens is 386 g/mol. The average Bonchev–Trinajstić information content (AvgIpc) is 3.17. The first-order valence-corrected chi connectivity index (χ1v) is 10.6. The summed E-state index contributed by atoms with van der Waals surface area (Å²) >= 11 is 0. The van der Waals surface area contributed by atoms with Gasteiger partial charge in [-0.15, -0.1) is 0 Å². The van der Waals surface area contributed by atoms with Crippen LogP contribution in [0.3, 0.4) is 0 Å². The van der Waals surface area contributed by atoms with Gasteiger partial charge in [0.15, 0.2) is 0 Å². The van der Waals surface area contributed by atoms with E-state index in [1.165, 1.54) is 5.56 Å². The molecule has 0 unspecified atom stereocenters. The summed E-state index contributed by atoms with van der Waals surface area (Å²) in [5.74, 6) is 0.0594. The lowest BCUT2D eigenvalue weighted by molar-refractivity contribution is -0.119. The topological polar surface area (TPSA) is 74.8 Å². The Morgan fingerprint density at radius 2 is 1.84 bits per heavy atom. The highest BCUT2D eigenvalue weighted by Gasteiger charge is 2.21. The van der Waals surface area contributed by atoms with E-state index in [1.807, 2.05) is 30.3 Å². The summed E-state index contributed by atoms with van der Waals surface area (Å²) < 4.78 is 0. The number of amides is 1. The molecule has 0 spiro atoms. The van der Waals surface area contributed by atoms with Crippen molar-refractivity contribution in [2.45, 2.75) is 45.1 Å². The quantitative estimate of drug-likeness (QED) is 0.664. The molecule has 1 atom stereocenters. The van der Waals surface area contributed by atoms with E-state index >= 15 is 0 Å². The van der Waals surface area contributed by atoms with E-state index < -0.39 is 0 Å². The van der Waals surface area contributed by atoms with E-state index in [9.17, 15) is 9.59 Å². The molecule has 31 heavy (non-hydrogen) atoms. The minimum absolute atomic E-state index is 0.0497. The fraction of sp³-hybridized carbons (Fsp3) is 0.269. The first kappa shape index (κ1) is 20.8. The molecule has 1 aromatic carbocycles. The van der Waals surface area contributed by atoms with Crippen LogP contribution < -0.4 is 10.9 Å². The normalized spacial score (nSPS) is 16.9. The number of aromatic nitrogens is 2. The molecule has 2 N–H and O–H groups in total. The van der Waals surface area contributed by atoms with E-state index in [0.29, 0.717) is 12.0 Å². The Bertz CT molecular complexity index is 1170. The molecule has 3 heterocycles. The van der Waals surface area contributed by atoms with Gasteiger partial charge in [-0.2, -0.15) is 0 Å². The molecule has 0 bridgehead atoms. The Hall–Kier alpha value is -3.47. The van der Waals surface area contributed by atoms with Crippen LogP contribution in [0, 0.1) is 0 Å². The number of nitrogens with one attached hydrogen (secondary N) is 2. The Morgan fingerprint density at radius 3 is 2.42 bits per heavy atom. The van der Waals surface area contributed by atoms with Gasteiger partial charge in [-0.3, -0.25) is 14.6 Å². The highest BCUT2D eigenvalue weighted by atomic mass is 16.2. The van der Waals surface area contributed by atoms with Crippen LogP contribution in [-0.2, 0) is 10.2 Å². The average molecular weight is 414 g/mol. The molecule has 1 fully saturated rings. The van der Waals surface area contributed by atoms with E-state index in [2.05, 4.69) is 60.3 Å². The molecule has 1 aliphatic heterocycles. The van der Waals surface area contributed by atoms with Gasteiger partial charge < -0.3 is 10.3 Å². The maximum absolute atomic E-state index is 12.9. The number of hydrogen-bond acceptors (Lipinski definition) is 3. The third-order valence-electron chi connectivity index (χ3n) is 5.63. The summed E-state index contributed by atoms with van der Waals surface area (Å²) in [7, 11) is 0. The molecule has 0 aliphatic carbocycles. The van der Waals surface area contributed by atoms with Gasteiger partial charge in [-0.05, 0) is 41.2 Å². The maximum atomic E-state index is 12.9. The number of nitrogens with zero attached hydrogens (tertiary/aromatic N) is 1. The molecular formula is C26H27N3O2. The molecule has 0 radical (unpaired) electrons. The Kier molecular flexibility index (Phi) is 5.59. The van der Waals surface area contributed by atoms with Crippen molar-refractivity contribution in [3.05, 3.63) is 94.2 Å². The van der Waals surface area contributed by atoms with Gasteiger partial charge in [0, 0.05) is 47.3 Å². The van der Waals surface area contributed by atoms with Gasteiger partial charge in [0.05, 0.1) is 0 Å². The molecule has 2 aromatic heterocycles. The molecule has 5 heteroatoms. The van der Waals surface area contributed by atoms with Crippen LogP contribution in [0.1, 0.15) is 50.4 Å². The zero-order chi connectivity index (χ0) is 22.0. The SMILES string of the molecule is CC(C)(C)c1ccc(C(=C[C@H]2CCC(=O)N2)c2ccc(-c3cccnc3)c(=O)[nH]2)cc1. The smallest absolute Gasteiger partial charge is 0.256 e. The van der Waals surface area contributed by atoms with Crippen molar-refractivity contribution < 1.29 is 4.79 Å². The van der Waals surface area contributed by atoms with Crippen LogP contribution in [-0.4, -0.2) is 21.9 Å². The van der Waals surface area contributed by atoms with E-state index in [0.717, 1.165) is 28.8 Å². The molecule has 3 aromatic rings.